The molecule has 0 spiro atoms. The standard InChI is InChI=1S/C12H15NOS/c1-3-4-5-10-13-15(14)12-8-6-11(2)7-9-12/h3-10,13H,1-2H3/b4-3-,10-5-. The van der Waals surface area contributed by atoms with Crippen LogP contribution in [0.25, 0.3) is 0 Å². The van der Waals surface area contributed by atoms with Crippen molar-refractivity contribution >= 4 is 11.0 Å². The van der Waals surface area contributed by atoms with Crippen LogP contribution in [0.1, 0.15) is 12.5 Å². The second kappa shape index (κ2) is 6.19. The van der Waals surface area contributed by atoms with Gasteiger partial charge in [0.2, 0.25) is 0 Å². The SMILES string of the molecule is C/C=C\C=C/NS(=O)c1ccc(C)cc1. The van der Waals surface area contributed by atoms with Crippen molar-refractivity contribution < 1.29 is 4.21 Å². The van der Waals surface area contributed by atoms with Crippen LogP contribution in [0, 0.1) is 6.92 Å². The number of aryl methyl sites for hydroxylation is 1. The lowest BCUT2D eigenvalue weighted by molar-refractivity contribution is 0.679. The zero-order chi connectivity index (χ0) is 11.1. The molecule has 2 nitrogen and oxygen atoms in total. The Hall–Kier alpha value is -1.35. The van der Waals surface area contributed by atoms with E-state index in [1.165, 1.54) is 5.56 Å². The Labute approximate surface area is 93.3 Å². The molecule has 0 heterocycles. The van der Waals surface area contributed by atoms with Crippen LogP contribution in [0.3, 0.4) is 0 Å². The van der Waals surface area contributed by atoms with Crippen LogP contribution >= 0.6 is 0 Å². The minimum Gasteiger partial charge on any atom is -0.308 e. The minimum atomic E-state index is -1.17. The van der Waals surface area contributed by atoms with Gasteiger partial charge in [0.25, 0.3) is 0 Å². The molecule has 1 aromatic carbocycles. The molecule has 0 radical (unpaired) electrons. The maximum absolute atomic E-state index is 11.6. The van der Waals surface area contributed by atoms with E-state index in [1.807, 2.05) is 56.3 Å². The Kier molecular flexibility index (Phi) is 4.84. The number of benzene rings is 1. The van der Waals surface area contributed by atoms with Gasteiger partial charge < -0.3 is 4.72 Å². The van der Waals surface area contributed by atoms with Gasteiger partial charge in [-0.3, -0.25) is 0 Å². The number of hydrogen-bond acceptors (Lipinski definition) is 1. The first-order chi connectivity index (χ1) is 7.24. The molecule has 3 heteroatoms. The van der Waals surface area contributed by atoms with Crippen LogP contribution in [0.2, 0.25) is 0 Å². The molecule has 1 unspecified atom stereocenters. The van der Waals surface area contributed by atoms with Gasteiger partial charge in [-0.2, -0.15) is 0 Å². The molecular weight excluding hydrogens is 206 g/mol. The van der Waals surface area contributed by atoms with Crippen LogP contribution in [0.4, 0.5) is 0 Å². The normalized spacial score (nSPS) is 13.5. The Morgan fingerprint density at radius 1 is 1.20 bits per heavy atom. The molecular formula is C12H15NOS. The maximum atomic E-state index is 11.6. The molecule has 1 N–H and O–H groups in total. The molecule has 0 aliphatic heterocycles. The lowest BCUT2D eigenvalue weighted by Crippen LogP contribution is -2.09. The summed E-state index contributed by atoms with van der Waals surface area (Å²) >= 11 is 0. The van der Waals surface area contributed by atoms with E-state index < -0.39 is 11.0 Å². The van der Waals surface area contributed by atoms with Crippen molar-refractivity contribution in [3.63, 3.8) is 0 Å². The van der Waals surface area contributed by atoms with E-state index in [0.717, 1.165) is 4.90 Å². The summed E-state index contributed by atoms with van der Waals surface area (Å²) in [6.07, 6.45) is 7.27. The van der Waals surface area contributed by atoms with Gasteiger partial charge >= 0.3 is 0 Å². The van der Waals surface area contributed by atoms with Crippen molar-refractivity contribution in [3.05, 3.63) is 54.3 Å². The Balaban J connectivity index is 2.58. The molecule has 0 aromatic heterocycles. The Morgan fingerprint density at radius 3 is 2.47 bits per heavy atom. The number of rotatable bonds is 4. The second-order valence-corrected chi connectivity index (χ2v) is 4.33. The molecule has 1 aromatic rings. The fourth-order valence-electron chi connectivity index (χ4n) is 0.998. The van der Waals surface area contributed by atoms with E-state index in [9.17, 15) is 4.21 Å². The summed E-state index contributed by atoms with van der Waals surface area (Å²) in [6.45, 7) is 3.94. The van der Waals surface area contributed by atoms with Gasteiger partial charge in [-0.1, -0.05) is 29.8 Å². The van der Waals surface area contributed by atoms with Crippen molar-refractivity contribution in [2.75, 3.05) is 0 Å². The quantitative estimate of drug-likeness (QED) is 0.778. The molecule has 1 atom stereocenters. The van der Waals surface area contributed by atoms with Gasteiger partial charge in [-0.25, -0.2) is 4.21 Å². The van der Waals surface area contributed by atoms with Crippen LogP contribution in [-0.4, -0.2) is 4.21 Å². The lowest BCUT2D eigenvalue weighted by atomic mass is 10.2. The Morgan fingerprint density at radius 2 is 1.87 bits per heavy atom. The molecule has 0 amide bonds. The van der Waals surface area contributed by atoms with Crippen LogP contribution in [0.15, 0.2) is 53.6 Å². The average molecular weight is 221 g/mol. The summed E-state index contributed by atoms with van der Waals surface area (Å²) in [6, 6.07) is 7.62. The molecule has 15 heavy (non-hydrogen) atoms. The third-order valence-corrected chi connectivity index (χ3v) is 2.86. The number of hydrogen-bond donors (Lipinski definition) is 1. The molecule has 80 valence electrons. The summed E-state index contributed by atoms with van der Waals surface area (Å²) in [5.74, 6) is 0. The summed E-state index contributed by atoms with van der Waals surface area (Å²) in [5.41, 5.74) is 1.17. The van der Waals surface area contributed by atoms with Gasteiger partial charge in [0, 0.05) is 6.20 Å². The van der Waals surface area contributed by atoms with Crippen LogP contribution in [0.5, 0.6) is 0 Å². The molecule has 1 rings (SSSR count). The summed E-state index contributed by atoms with van der Waals surface area (Å²) in [4.78, 5) is 0.783. The second-order valence-electron chi connectivity index (χ2n) is 3.08. The maximum Gasteiger partial charge on any atom is 0.149 e. The van der Waals surface area contributed by atoms with Crippen molar-refractivity contribution in [2.24, 2.45) is 0 Å². The van der Waals surface area contributed by atoms with E-state index in [2.05, 4.69) is 4.72 Å². The Bertz CT molecular complexity index is 379. The van der Waals surface area contributed by atoms with Crippen LogP contribution in [-0.2, 0) is 11.0 Å². The first kappa shape index (κ1) is 11.7. The van der Waals surface area contributed by atoms with Crippen molar-refractivity contribution in [1.29, 1.82) is 0 Å². The zero-order valence-corrected chi connectivity index (χ0v) is 9.75. The van der Waals surface area contributed by atoms with Gasteiger partial charge in [-0.15, -0.1) is 0 Å². The van der Waals surface area contributed by atoms with E-state index in [-0.39, 0.29) is 0 Å². The molecule has 0 saturated heterocycles. The highest BCUT2D eigenvalue weighted by molar-refractivity contribution is 7.83. The molecule has 0 fully saturated rings. The fourth-order valence-corrected chi connectivity index (χ4v) is 1.72. The van der Waals surface area contributed by atoms with Gasteiger partial charge in [-0.05, 0) is 32.1 Å². The van der Waals surface area contributed by atoms with Crippen molar-refractivity contribution in [2.45, 2.75) is 18.7 Å². The van der Waals surface area contributed by atoms with Gasteiger partial charge in [0.05, 0.1) is 4.90 Å². The summed E-state index contributed by atoms with van der Waals surface area (Å²) < 4.78 is 14.4. The lowest BCUT2D eigenvalue weighted by Gasteiger charge is -2.00. The van der Waals surface area contributed by atoms with Gasteiger partial charge in [0.1, 0.15) is 11.0 Å². The molecule has 0 aliphatic carbocycles. The van der Waals surface area contributed by atoms with E-state index in [4.69, 9.17) is 0 Å². The zero-order valence-electron chi connectivity index (χ0n) is 8.94. The van der Waals surface area contributed by atoms with E-state index in [1.54, 1.807) is 6.20 Å². The number of nitrogens with one attached hydrogen (secondary N) is 1. The predicted molar refractivity (Wildman–Crippen MR) is 64.7 cm³/mol. The van der Waals surface area contributed by atoms with E-state index in [0.29, 0.717) is 0 Å². The fraction of sp³-hybridized carbons (Fsp3) is 0.167. The van der Waals surface area contributed by atoms with E-state index >= 15 is 0 Å². The van der Waals surface area contributed by atoms with Crippen LogP contribution < -0.4 is 4.72 Å². The molecule has 0 aliphatic rings. The van der Waals surface area contributed by atoms with Gasteiger partial charge in [0.15, 0.2) is 0 Å². The summed E-state index contributed by atoms with van der Waals surface area (Å²) in [5, 5.41) is 0. The first-order valence-electron chi connectivity index (χ1n) is 4.76. The monoisotopic (exact) mass is 221 g/mol. The smallest absolute Gasteiger partial charge is 0.149 e. The topological polar surface area (TPSA) is 29.1 Å². The largest absolute Gasteiger partial charge is 0.308 e. The number of allylic oxidation sites excluding steroid dienone is 3. The minimum absolute atomic E-state index is 0.783. The highest BCUT2D eigenvalue weighted by Gasteiger charge is 1.98. The van der Waals surface area contributed by atoms with Crippen molar-refractivity contribution in [1.82, 2.24) is 4.72 Å². The highest BCUT2D eigenvalue weighted by Crippen LogP contribution is 2.06. The summed E-state index contributed by atoms with van der Waals surface area (Å²) in [7, 11) is -1.17. The molecule has 0 bridgehead atoms. The third-order valence-electron chi connectivity index (χ3n) is 1.81. The molecule has 0 saturated carbocycles. The third kappa shape index (κ3) is 4.13. The van der Waals surface area contributed by atoms with Crippen molar-refractivity contribution in [3.8, 4) is 0 Å². The first-order valence-corrected chi connectivity index (χ1v) is 5.91. The highest BCUT2D eigenvalue weighted by atomic mass is 32.2. The predicted octanol–water partition coefficient (Wildman–Crippen LogP) is 2.70. The average Bonchev–Trinajstić information content (AvgIpc) is 2.25.